The van der Waals surface area contributed by atoms with Crippen LogP contribution in [0.5, 0.6) is 17.2 Å². The van der Waals surface area contributed by atoms with Gasteiger partial charge in [0.2, 0.25) is 5.82 Å². The summed E-state index contributed by atoms with van der Waals surface area (Å²) < 4.78 is 40.1. The number of nitro groups is 1. The molecule has 1 amide bonds. The number of hydrogen-bond donors (Lipinski definition) is 1. The van der Waals surface area contributed by atoms with E-state index in [0.29, 0.717) is 5.56 Å². The molecule has 1 saturated heterocycles. The first-order chi connectivity index (χ1) is 18.7. The summed E-state index contributed by atoms with van der Waals surface area (Å²) in [6, 6.07) is 11.9. The number of benzene rings is 3. The zero-order valence-electron chi connectivity index (χ0n) is 21.9. The minimum Gasteiger partial charge on any atom is -0.490 e. The third-order valence-electron chi connectivity index (χ3n) is 6.63. The molecular weight excluding hydrogens is 508 g/mol. The standard InChI is InChI=1S/C29H31F2N3O5/c1-3-4-13-33-14-11-21(12-15-33)39-28-10-5-20(16-19(28)2)29(35)32-26-8-6-22(17-24(26)30)38-23-7-9-27(34(36)37)25(31)18-23/h5-10,16-18,21H,3-4,11-15H2,1-2H3,(H,32,35). The number of likely N-dealkylation sites (tertiary alicyclic amines) is 1. The van der Waals surface area contributed by atoms with Crippen LogP contribution in [0.2, 0.25) is 0 Å². The van der Waals surface area contributed by atoms with Crippen molar-refractivity contribution in [3.05, 3.63) is 87.5 Å². The van der Waals surface area contributed by atoms with Crippen LogP contribution < -0.4 is 14.8 Å². The van der Waals surface area contributed by atoms with Crippen molar-refractivity contribution in [1.82, 2.24) is 4.90 Å². The SMILES string of the molecule is CCCCN1CCC(Oc2ccc(C(=O)Nc3ccc(Oc4ccc([N+](=O)[O-])c(F)c4)cc3F)cc2C)CC1. The Morgan fingerprint density at radius 2 is 1.74 bits per heavy atom. The van der Waals surface area contributed by atoms with E-state index in [9.17, 15) is 23.7 Å². The smallest absolute Gasteiger partial charge is 0.305 e. The average molecular weight is 540 g/mol. The van der Waals surface area contributed by atoms with E-state index < -0.39 is 28.2 Å². The van der Waals surface area contributed by atoms with Gasteiger partial charge < -0.3 is 19.7 Å². The molecule has 0 saturated carbocycles. The van der Waals surface area contributed by atoms with Gasteiger partial charge in [0.1, 0.15) is 29.2 Å². The number of ether oxygens (including phenoxy) is 2. The van der Waals surface area contributed by atoms with Crippen molar-refractivity contribution in [3.8, 4) is 17.2 Å². The van der Waals surface area contributed by atoms with Crippen molar-refractivity contribution in [2.24, 2.45) is 0 Å². The Kier molecular flexibility index (Phi) is 9.08. The number of nitrogens with zero attached hydrogens (tertiary/aromatic N) is 2. The molecule has 0 atom stereocenters. The van der Waals surface area contributed by atoms with Crippen LogP contribution in [0, 0.1) is 28.7 Å². The van der Waals surface area contributed by atoms with Gasteiger partial charge in [-0.25, -0.2) is 4.39 Å². The third-order valence-corrected chi connectivity index (χ3v) is 6.63. The zero-order valence-corrected chi connectivity index (χ0v) is 21.9. The summed E-state index contributed by atoms with van der Waals surface area (Å²) in [7, 11) is 0. The minimum atomic E-state index is -1.07. The van der Waals surface area contributed by atoms with E-state index in [1.807, 2.05) is 6.92 Å². The summed E-state index contributed by atoms with van der Waals surface area (Å²) in [6.45, 7) is 7.23. The predicted octanol–water partition coefficient (Wildman–Crippen LogP) is 6.87. The highest BCUT2D eigenvalue weighted by molar-refractivity contribution is 6.04. The summed E-state index contributed by atoms with van der Waals surface area (Å²) in [5.74, 6) is -1.58. The van der Waals surface area contributed by atoms with Crippen LogP contribution in [0.1, 0.15) is 48.5 Å². The molecule has 0 unspecified atom stereocenters. The monoisotopic (exact) mass is 539 g/mol. The summed E-state index contributed by atoms with van der Waals surface area (Å²) in [4.78, 5) is 25.2. The first-order valence-electron chi connectivity index (χ1n) is 13.0. The van der Waals surface area contributed by atoms with Gasteiger partial charge in [-0.15, -0.1) is 0 Å². The van der Waals surface area contributed by atoms with Gasteiger partial charge in [0.05, 0.1) is 10.6 Å². The quantitative estimate of drug-likeness (QED) is 0.223. The zero-order chi connectivity index (χ0) is 27.9. The molecule has 4 rings (SSSR count). The van der Waals surface area contributed by atoms with Gasteiger partial charge in [-0.3, -0.25) is 14.9 Å². The highest BCUT2D eigenvalue weighted by atomic mass is 19.1. The normalized spacial score (nSPS) is 14.2. The van der Waals surface area contributed by atoms with Crippen LogP contribution >= 0.6 is 0 Å². The van der Waals surface area contributed by atoms with Gasteiger partial charge in [-0.05, 0) is 74.7 Å². The summed E-state index contributed by atoms with van der Waals surface area (Å²) >= 11 is 0. The molecule has 10 heteroatoms. The Morgan fingerprint density at radius 1 is 1.05 bits per heavy atom. The molecule has 0 spiro atoms. The number of aryl methyl sites for hydroxylation is 1. The van der Waals surface area contributed by atoms with Crippen LogP contribution in [-0.2, 0) is 0 Å². The molecule has 3 aromatic rings. The molecule has 0 bridgehead atoms. The molecule has 8 nitrogen and oxygen atoms in total. The number of unbranched alkanes of at least 4 members (excludes halogenated alkanes) is 1. The molecule has 206 valence electrons. The van der Waals surface area contributed by atoms with Gasteiger partial charge in [0.15, 0.2) is 0 Å². The maximum absolute atomic E-state index is 14.7. The summed E-state index contributed by atoms with van der Waals surface area (Å²) in [6.07, 6.45) is 4.46. The van der Waals surface area contributed by atoms with E-state index in [1.165, 1.54) is 31.0 Å². The number of anilines is 1. The minimum absolute atomic E-state index is 0.0332. The number of hydrogen-bond acceptors (Lipinski definition) is 6. The molecule has 0 radical (unpaired) electrons. The average Bonchev–Trinajstić information content (AvgIpc) is 2.90. The van der Waals surface area contributed by atoms with Gasteiger partial charge >= 0.3 is 5.69 Å². The molecule has 39 heavy (non-hydrogen) atoms. The van der Waals surface area contributed by atoms with Crippen molar-refractivity contribution < 1.29 is 28.0 Å². The number of nitro benzene ring substituents is 1. The highest BCUT2D eigenvalue weighted by Crippen LogP contribution is 2.29. The molecule has 0 aliphatic carbocycles. The Labute approximate surface area is 225 Å². The summed E-state index contributed by atoms with van der Waals surface area (Å²) in [5.41, 5.74) is 0.422. The highest BCUT2D eigenvalue weighted by Gasteiger charge is 2.21. The topological polar surface area (TPSA) is 93.9 Å². The molecule has 1 aliphatic rings. The van der Waals surface area contributed by atoms with Crippen molar-refractivity contribution in [2.45, 2.75) is 45.6 Å². The van der Waals surface area contributed by atoms with Crippen LogP contribution in [0.3, 0.4) is 0 Å². The lowest BCUT2D eigenvalue weighted by atomic mass is 10.1. The van der Waals surface area contributed by atoms with E-state index >= 15 is 0 Å². The Hall–Kier alpha value is -4.05. The molecule has 1 heterocycles. The Balaban J connectivity index is 1.34. The second-order valence-corrected chi connectivity index (χ2v) is 9.56. The number of nitrogens with one attached hydrogen (secondary N) is 1. The molecule has 1 aliphatic heterocycles. The molecule has 1 N–H and O–H groups in total. The lowest BCUT2D eigenvalue weighted by Gasteiger charge is -2.32. The van der Waals surface area contributed by atoms with Crippen molar-refractivity contribution in [2.75, 3.05) is 25.0 Å². The van der Waals surface area contributed by atoms with E-state index in [4.69, 9.17) is 9.47 Å². The van der Waals surface area contributed by atoms with Crippen LogP contribution in [-0.4, -0.2) is 41.5 Å². The maximum Gasteiger partial charge on any atom is 0.305 e. The Bertz CT molecular complexity index is 1340. The molecule has 1 fully saturated rings. The second-order valence-electron chi connectivity index (χ2n) is 9.56. The molecular formula is C29H31F2N3O5. The summed E-state index contributed by atoms with van der Waals surface area (Å²) in [5, 5.41) is 13.3. The van der Waals surface area contributed by atoms with E-state index in [-0.39, 0.29) is 23.3 Å². The van der Waals surface area contributed by atoms with Crippen molar-refractivity contribution in [3.63, 3.8) is 0 Å². The second kappa shape index (κ2) is 12.7. The fourth-order valence-electron chi connectivity index (χ4n) is 4.43. The largest absolute Gasteiger partial charge is 0.490 e. The fraction of sp³-hybridized carbons (Fsp3) is 0.345. The number of amides is 1. The van der Waals surface area contributed by atoms with Gasteiger partial charge in [0, 0.05) is 36.9 Å². The first kappa shape index (κ1) is 28.0. The Morgan fingerprint density at radius 3 is 2.36 bits per heavy atom. The number of halogens is 2. The van der Waals surface area contributed by atoms with Crippen LogP contribution in [0.4, 0.5) is 20.2 Å². The number of rotatable bonds is 10. The lowest BCUT2D eigenvalue weighted by molar-refractivity contribution is -0.387. The van der Waals surface area contributed by atoms with Crippen LogP contribution in [0.25, 0.3) is 0 Å². The molecule has 3 aromatic carbocycles. The number of carbonyl (C=O) groups excluding carboxylic acids is 1. The van der Waals surface area contributed by atoms with Gasteiger partial charge in [-0.2, -0.15) is 4.39 Å². The van der Waals surface area contributed by atoms with E-state index in [1.54, 1.807) is 18.2 Å². The lowest BCUT2D eigenvalue weighted by Crippen LogP contribution is -2.38. The molecule has 0 aromatic heterocycles. The van der Waals surface area contributed by atoms with Crippen LogP contribution in [0.15, 0.2) is 54.6 Å². The number of carbonyl (C=O) groups is 1. The third kappa shape index (κ3) is 7.29. The fourth-order valence-corrected chi connectivity index (χ4v) is 4.43. The predicted molar refractivity (Wildman–Crippen MR) is 144 cm³/mol. The van der Waals surface area contributed by atoms with E-state index in [2.05, 4.69) is 17.1 Å². The van der Waals surface area contributed by atoms with Crippen molar-refractivity contribution in [1.29, 1.82) is 0 Å². The maximum atomic E-state index is 14.7. The van der Waals surface area contributed by atoms with Gasteiger partial charge in [-0.1, -0.05) is 13.3 Å². The van der Waals surface area contributed by atoms with Gasteiger partial charge in [0.25, 0.3) is 5.91 Å². The van der Waals surface area contributed by atoms with E-state index in [0.717, 1.165) is 62.0 Å². The first-order valence-corrected chi connectivity index (χ1v) is 13.0. The number of piperidine rings is 1. The van der Waals surface area contributed by atoms with Crippen molar-refractivity contribution >= 4 is 17.3 Å².